The number of aromatic nitrogens is 2. The van der Waals surface area contributed by atoms with Crippen LogP contribution in [-0.4, -0.2) is 32.1 Å². The van der Waals surface area contributed by atoms with Crippen LogP contribution in [0.2, 0.25) is 0 Å². The average molecular weight is 350 g/mol. The molecule has 0 aliphatic carbocycles. The van der Waals surface area contributed by atoms with Crippen molar-refractivity contribution in [3.8, 4) is 0 Å². The second-order valence-electron chi connectivity index (χ2n) is 5.28. The lowest BCUT2D eigenvalue weighted by molar-refractivity contribution is 0.0686. The minimum atomic E-state index is -0.993. The Morgan fingerprint density at radius 1 is 0.731 bits per heavy atom. The average Bonchev–Trinajstić information content (AvgIpc) is 2.63. The Morgan fingerprint density at radius 3 is 1.73 bits per heavy atom. The summed E-state index contributed by atoms with van der Waals surface area (Å²) < 4.78 is 0. The monoisotopic (exact) mass is 350 g/mol. The molecular weight excluding hydrogens is 336 g/mol. The summed E-state index contributed by atoms with van der Waals surface area (Å²) in [7, 11) is 0. The maximum atomic E-state index is 10.9. The molecule has 4 N–H and O–H groups in total. The fourth-order valence-corrected chi connectivity index (χ4v) is 2.16. The van der Waals surface area contributed by atoms with Gasteiger partial charge in [-0.3, -0.25) is 0 Å². The van der Waals surface area contributed by atoms with Crippen LogP contribution in [-0.2, 0) is 0 Å². The fourth-order valence-electron chi connectivity index (χ4n) is 2.16. The third-order valence-corrected chi connectivity index (χ3v) is 3.45. The molecule has 130 valence electrons. The second kappa shape index (κ2) is 7.31. The number of carboxylic acid groups (broad SMARTS) is 2. The van der Waals surface area contributed by atoms with E-state index in [2.05, 4.69) is 20.6 Å². The van der Waals surface area contributed by atoms with Gasteiger partial charge in [-0.15, -0.1) is 0 Å². The molecule has 0 spiro atoms. The number of nitrogens with zero attached hydrogens (tertiary/aromatic N) is 2. The highest BCUT2D eigenvalue weighted by atomic mass is 16.4. The van der Waals surface area contributed by atoms with Gasteiger partial charge in [-0.25, -0.2) is 14.6 Å². The van der Waals surface area contributed by atoms with Crippen molar-refractivity contribution >= 4 is 35.1 Å². The van der Waals surface area contributed by atoms with Crippen LogP contribution < -0.4 is 10.6 Å². The number of aromatic carboxylic acids is 2. The summed E-state index contributed by atoms with van der Waals surface area (Å²) in [4.78, 5) is 30.2. The number of anilines is 4. The molecule has 26 heavy (non-hydrogen) atoms. The number of carbonyl (C=O) groups is 2. The second-order valence-corrected chi connectivity index (χ2v) is 5.28. The summed E-state index contributed by atoms with van der Waals surface area (Å²) in [6.45, 7) is 0. The van der Waals surface area contributed by atoms with Crippen molar-refractivity contribution in [1.82, 2.24) is 9.97 Å². The summed E-state index contributed by atoms with van der Waals surface area (Å²) >= 11 is 0. The number of nitrogens with one attached hydrogen (secondary N) is 2. The summed E-state index contributed by atoms with van der Waals surface area (Å²) in [5, 5.41) is 23.9. The maximum Gasteiger partial charge on any atom is 0.335 e. The first-order valence-electron chi connectivity index (χ1n) is 7.55. The Bertz CT molecular complexity index is 865. The highest BCUT2D eigenvalue weighted by Gasteiger charge is 2.05. The summed E-state index contributed by atoms with van der Waals surface area (Å²) in [5.41, 5.74) is 1.73. The molecule has 1 aromatic heterocycles. The van der Waals surface area contributed by atoms with Crippen molar-refractivity contribution in [3.63, 3.8) is 0 Å². The Labute approximate surface area is 148 Å². The van der Waals surface area contributed by atoms with E-state index in [0.29, 0.717) is 23.1 Å². The molecule has 0 unspecified atom stereocenters. The first-order chi connectivity index (χ1) is 12.5. The number of benzene rings is 2. The van der Waals surface area contributed by atoms with Gasteiger partial charge >= 0.3 is 11.9 Å². The van der Waals surface area contributed by atoms with Crippen molar-refractivity contribution in [2.24, 2.45) is 0 Å². The summed E-state index contributed by atoms with van der Waals surface area (Å²) in [6, 6.07) is 14.2. The van der Waals surface area contributed by atoms with Crippen molar-refractivity contribution < 1.29 is 19.8 Å². The molecule has 3 rings (SSSR count). The zero-order valence-electron chi connectivity index (χ0n) is 13.4. The van der Waals surface area contributed by atoms with Crippen LogP contribution in [0, 0.1) is 0 Å². The molecule has 0 atom stereocenters. The Balaban J connectivity index is 1.71. The Hall–Kier alpha value is -3.94. The predicted molar refractivity (Wildman–Crippen MR) is 95.4 cm³/mol. The SMILES string of the molecule is O=C(O)c1ccc(Nc2ccnc(Nc3ccc(C(=O)O)cc3)n2)cc1. The molecule has 0 saturated carbocycles. The van der Waals surface area contributed by atoms with Gasteiger partial charge in [0.1, 0.15) is 5.82 Å². The largest absolute Gasteiger partial charge is 0.478 e. The number of hydrogen-bond acceptors (Lipinski definition) is 6. The summed E-state index contributed by atoms with van der Waals surface area (Å²) in [5.74, 6) is -1.13. The van der Waals surface area contributed by atoms with Gasteiger partial charge in [0.2, 0.25) is 5.95 Å². The molecule has 0 bridgehead atoms. The van der Waals surface area contributed by atoms with Gasteiger partial charge in [-0.2, -0.15) is 4.98 Å². The van der Waals surface area contributed by atoms with E-state index in [0.717, 1.165) is 0 Å². The van der Waals surface area contributed by atoms with E-state index in [1.54, 1.807) is 36.5 Å². The molecule has 3 aromatic rings. The molecule has 0 saturated heterocycles. The normalized spacial score (nSPS) is 10.2. The van der Waals surface area contributed by atoms with E-state index in [1.165, 1.54) is 24.3 Å². The lowest BCUT2D eigenvalue weighted by atomic mass is 10.2. The third-order valence-electron chi connectivity index (χ3n) is 3.45. The first kappa shape index (κ1) is 16.9. The molecule has 8 nitrogen and oxygen atoms in total. The van der Waals surface area contributed by atoms with Gasteiger partial charge in [0.05, 0.1) is 11.1 Å². The van der Waals surface area contributed by atoms with Gasteiger partial charge in [0, 0.05) is 17.6 Å². The van der Waals surface area contributed by atoms with Crippen molar-refractivity contribution in [2.75, 3.05) is 10.6 Å². The lowest BCUT2D eigenvalue weighted by Crippen LogP contribution is -2.01. The molecule has 8 heteroatoms. The fraction of sp³-hybridized carbons (Fsp3) is 0. The van der Waals surface area contributed by atoms with E-state index in [-0.39, 0.29) is 11.1 Å². The predicted octanol–water partition coefficient (Wildman–Crippen LogP) is 3.36. The van der Waals surface area contributed by atoms with E-state index >= 15 is 0 Å². The van der Waals surface area contributed by atoms with E-state index in [4.69, 9.17) is 10.2 Å². The quantitative estimate of drug-likeness (QED) is 0.533. The zero-order valence-corrected chi connectivity index (χ0v) is 13.4. The number of rotatable bonds is 6. The van der Waals surface area contributed by atoms with Crippen LogP contribution in [0.5, 0.6) is 0 Å². The van der Waals surface area contributed by atoms with Crippen LogP contribution in [0.25, 0.3) is 0 Å². The number of carboxylic acids is 2. The van der Waals surface area contributed by atoms with Gasteiger partial charge < -0.3 is 20.8 Å². The van der Waals surface area contributed by atoms with Crippen LogP contribution in [0.15, 0.2) is 60.8 Å². The van der Waals surface area contributed by atoms with Gasteiger partial charge in [0.15, 0.2) is 0 Å². The molecule has 0 radical (unpaired) electrons. The molecule has 0 amide bonds. The smallest absolute Gasteiger partial charge is 0.335 e. The van der Waals surface area contributed by atoms with Crippen molar-refractivity contribution in [1.29, 1.82) is 0 Å². The lowest BCUT2D eigenvalue weighted by Gasteiger charge is -2.09. The van der Waals surface area contributed by atoms with Gasteiger partial charge in [-0.1, -0.05) is 0 Å². The van der Waals surface area contributed by atoms with Gasteiger partial charge in [0.25, 0.3) is 0 Å². The highest BCUT2D eigenvalue weighted by Crippen LogP contribution is 2.18. The molecule has 2 aromatic carbocycles. The highest BCUT2D eigenvalue weighted by molar-refractivity contribution is 5.88. The van der Waals surface area contributed by atoms with Crippen LogP contribution in [0.3, 0.4) is 0 Å². The Morgan fingerprint density at radius 2 is 1.23 bits per heavy atom. The zero-order chi connectivity index (χ0) is 18.5. The Kier molecular flexibility index (Phi) is 4.75. The first-order valence-corrected chi connectivity index (χ1v) is 7.55. The summed E-state index contributed by atoms with van der Waals surface area (Å²) in [6.07, 6.45) is 1.56. The number of hydrogen-bond donors (Lipinski definition) is 4. The van der Waals surface area contributed by atoms with Crippen LogP contribution in [0.4, 0.5) is 23.1 Å². The third kappa shape index (κ3) is 4.12. The van der Waals surface area contributed by atoms with E-state index in [1.807, 2.05) is 0 Å². The minimum Gasteiger partial charge on any atom is -0.478 e. The standard InChI is InChI=1S/C18H14N4O4/c23-16(24)11-1-5-13(6-2-11)20-15-9-10-19-18(22-15)21-14-7-3-12(4-8-14)17(25)26/h1-10H,(H,23,24)(H,25,26)(H2,19,20,21,22). The molecule has 0 aliphatic heterocycles. The van der Waals surface area contributed by atoms with Crippen LogP contribution >= 0.6 is 0 Å². The van der Waals surface area contributed by atoms with E-state index in [9.17, 15) is 9.59 Å². The maximum absolute atomic E-state index is 10.9. The van der Waals surface area contributed by atoms with Gasteiger partial charge in [-0.05, 0) is 54.6 Å². The van der Waals surface area contributed by atoms with Crippen LogP contribution in [0.1, 0.15) is 20.7 Å². The molecule has 0 fully saturated rings. The topological polar surface area (TPSA) is 124 Å². The van der Waals surface area contributed by atoms with Crippen molar-refractivity contribution in [3.05, 3.63) is 71.9 Å². The van der Waals surface area contributed by atoms with Crippen molar-refractivity contribution in [2.45, 2.75) is 0 Å². The minimum absolute atomic E-state index is 0.191. The molecule has 1 heterocycles. The van der Waals surface area contributed by atoms with E-state index < -0.39 is 11.9 Å². The molecular formula is C18H14N4O4. The molecule has 0 aliphatic rings.